The molecule has 0 aliphatic carbocycles. The van der Waals surface area contributed by atoms with Crippen LogP contribution in [0.5, 0.6) is 0 Å². The molecule has 1 aliphatic rings. The highest BCUT2D eigenvalue weighted by molar-refractivity contribution is 7.98. The first-order chi connectivity index (χ1) is 14.2. The van der Waals surface area contributed by atoms with Crippen LogP contribution in [0, 0.1) is 0 Å². The van der Waals surface area contributed by atoms with Crippen LogP contribution in [0.1, 0.15) is 16.9 Å². The summed E-state index contributed by atoms with van der Waals surface area (Å²) >= 11 is 1.55. The van der Waals surface area contributed by atoms with E-state index in [2.05, 4.69) is 14.9 Å². The summed E-state index contributed by atoms with van der Waals surface area (Å²) in [6.45, 7) is 2.97. The van der Waals surface area contributed by atoms with Gasteiger partial charge in [-0.2, -0.15) is 0 Å². The van der Waals surface area contributed by atoms with Crippen LogP contribution < -0.4 is 4.90 Å². The number of anilines is 1. The van der Waals surface area contributed by atoms with Gasteiger partial charge in [-0.15, -0.1) is 0 Å². The van der Waals surface area contributed by atoms with Crippen molar-refractivity contribution >= 4 is 40.2 Å². The standard InChI is InChI=1S/C21H22N6OS/c1-29-21-24-18(17-9-4-5-12-27(17)21)19(28)25-10-6-11-26(14-13-25)20-22-15-7-2-3-8-16(15)23-20/h2-5,7-9,12H,6,10-11,13-14H2,1H3,(H,22,23). The van der Waals surface area contributed by atoms with Crippen molar-refractivity contribution in [2.45, 2.75) is 11.6 Å². The number of hydrogen-bond donors (Lipinski definition) is 1. The Labute approximate surface area is 172 Å². The van der Waals surface area contributed by atoms with Crippen molar-refractivity contribution < 1.29 is 4.79 Å². The van der Waals surface area contributed by atoms with E-state index >= 15 is 0 Å². The van der Waals surface area contributed by atoms with Crippen molar-refractivity contribution in [3.8, 4) is 0 Å². The Morgan fingerprint density at radius 1 is 1.03 bits per heavy atom. The number of para-hydroxylation sites is 2. The number of thioether (sulfide) groups is 1. The van der Waals surface area contributed by atoms with E-state index in [0.29, 0.717) is 12.2 Å². The normalized spacial score (nSPS) is 15.2. The smallest absolute Gasteiger partial charge is 0.274 e. The summed E-state index contributed by atoms with van der Waals surface area (Å²) in [5, 5.41) is 0.836. The van der Waals surface area contributed by atoms with Crippen molar-refractivity contribution in [1.29, 1.82) is 0 Å². The second-order valence-corrected chi connectivity index (χ2v) is 7.89. The van der Waals surface area contributed by atoms with Gasteiger partial charge in [0.2, 0.25) is 5.95 Å². The molecule has 0 unspecified atom stereocenters. The van der Waals surface area contributed by atoms with Crippen molar-refractivity contribution in [3.63, 3.8) is 0 Å². The number of pyridine rings is 1. The van der Waals surface area contributed by atoms with Crippen LogP contribution >= 0.6 is 11.8 Å². The minimum atomic E-state index is 0.000422. The van der Waals surface area contributed by atoms with Crippen LogP contribution in [0.3, 0.4) is 0 Å². The number of H-pyrrole nitrogens is 1. The zero-order chi connectivity index (χ0) is 19.8. The number of aromatic nitrogens is 4. The SMILES string of the molecule is CSc1nc(C(=O)N2CCCN(c3nc4ccccc4[nH]3)CC2)c2ccccn12. The van der Waals surface area contributed by atoms with Crippen molar-refractivity contribution in [2.24, 2.45) is 0 Å². The molecule has 0 spiro atoms. The second kappa shape index (κ2) is 7.44. The van der Waals surface area contributed by atoms with Gasteiger partial charge in [0, 0.05) is 32.4 Å². The van der Waals surface area contributed by atoms with Crippen LogP contribution in [0.4, 0.5) is 5.95 Å². The Balaban J connectivity index is 1.37. The number of fused-ring (bicyclic) bond motifs is 2. The van der Waals surface area contributed by atoms with Gasteiger partial charge < -0.3 is 14.8 Å². The molecule has 8 heteroatoms. The van der Waals surface area contributed by atoms with Gasteiger partial charge in [-0.05, 0) is 36.9 Å². The maximum absolute atomic E-state index is 13.3. The molecule has 0 atom stereocenters. The molecule has 5 rings (SSSR count). The predicted octanol–water partition coefficient (Wildman–Crippen LogP) is 3.29. The first-order valence-electron chi connectivity index (χ1n) is 9.74. The van der Waals surface area contributed by atoms with E-state index < -0.39 is 0 Å². The minimum absolute atomic E-state index is 0.000422. The van der Waals surface area contributed by atoms with E-state index in [0.717, 1.165) is 53.7 Å². The van der Waals surface area contributed by atoms with E-state index in [9.17, 15) is 4.79 Å². The fourth-order valence-electron chi connectivity index (χ4n) is 3.88. The van der Waals surface area contributed by atoms with Crippen LogP contribution in [0.2, 0.25) is 0 Å². The first kappa shape index (κ1) is 18.1. The van der Waals surface area contributed by atoms with Crippen molar-refractivity contribution in [3.05, 3.63) is 54.4 Å². The van der Waals surface area contributed by atoms with E-state index in [-0.39, 0.29) is 5.91 Å². The van der Waals surface area contributed by atoms with Crippen molar-refractivity contribution in [2.75, 3.05) is 37.3 Å². The molecule has 0 bridgehead atoms. The Bertz CT molecular complexity index is 1150. The maximum Gasteiger partial charge on any atom is 0.274 e. The van der Waals surface area contributed by atoms with Gasteiger partial charge in [0.25, 0.3) is 5.91 Å². The van der Waals surface area contributed by atoms with Gasteiger partial charge in [-0.25, -0.2) is 9.97 Å². The summed E-state index contributed by atoms with van der Waals surface area (Å²) in [4.78, 5) is 30.2. The van der Waals surface area contributed by atoms with E-state index in [1.807, 2.05) is 64.2 Å². The van der Waals surface area contributed by atoms with Crippen LogP contribution in [-0.2, 0) is 0 Å². The number of nitrogens with zero attached hydrogens (tertiary/aromatic N) is 5. The molecule has 4 aromatic rings. The highest BCUT2D eigenvalue weighted by Gasteiger charge is 2.25. The number of carbonyl (C=O) groups is 1. The number of rotatable bonds is 3. The highest BCUT2D eigenvalue weighted by Crippen LogP contribution is 2.23. The molecule has 1 fully saturated rings. The molecular formula is C21H22N6OS. The van der Waals surface area contributed by atoms with Crippen LogP contribution in [0.15, 0.2) is 53.8 Å². The van der Waals surface area contributed by atoms with Gasteiger partial charge in [-0.3, -0.25) is 9.20 Å². The fraction of sp³-hybridized carbons (Fsp3) is 0.286. The lowest BCUT2D eigenvalue weighted by molar-refractivity contribution is 0.0763. The summed E-state index contributed by atoms with van der Waals surface area (Å²) in [5.41, 5.74) is 3.40. The van der Waals surface area contributed by atoms with Gasteiger partial charge in [0.15, 0.2) is 10.9 Å². The molecule has 3 aromatic heterocycles. The van der Waals surface area contributed by atoms with Gasteiger partial charge in [0.05, 0.1) is 16.6 Å². The number of aromatic amines is 1. The molecule has 1 saturated heterocycles. The van der Waals surface area contributed by atoms with Crippen LogP contribution in [0.25, 0.3) is 16.6 Å². The summed E-state index contributed by atoms with van der Waals surface area (Å²) in [6, 6.07) is 13.9. The largest absolute Gasteiger partial charge is 0.341 e. The van der Waals surface area contributed by atoms with Crippen LogP contribution in [-0.4, -0.2) is 62.6 Å². The zero-order valence-electron chi connectivity index (χ0n) is 16.2. The second-order valence-electron chi connectivity index (χ2n) is 7.11. The summed E-state index contributed by atoms with van der Waals surface area (Å²) in [5.74, 6) is 0.873. The molecular weight excluding hydrogens is 384 g/mol. The number of carbonyl (C=O) groups excluding carboxylic acids is 1. The maximum atomic E-state index is 13.3. The number of hydrogen-bond acceptors (Lipinski definition) is 5. The van der Waals surface area contributed by atoms with E-state index in [1.54, 1.807) is 11.8 Å². The lowest BCUT2D eigenvalue weighted by Crippen LogP contribution is -2.35. The molecule has 1 N–H and O–H groups in total. The quantitative estimate of drug-likeness (QED) is 0.529. The third-order valence-electron chi connectivity index (χ3n) is 5.36. The highest BCUT2D eigenvalue weighted by atomic mass is 32.2. The fourth-order valence-corrected chi connectivity index (χ4v) is 4.42. The Morgan fingerprint density at radius 3 is 2.76 bits per heavy atom. The third-order valence-corrected chi connectivity index (χ3v) is 6.01. The van der Waals surface area contributed by atoms with E-state index in [1.165, 1.54) is 0 Å². The molecule has 29 heavy (non-hydrogen) atoms. The Hall–Kier alpha value is -3.00. The number of nitrogens with one attached hydrogen (secondary N) is 1. The molecule has 1 aromatic carbocycles. The Kier molecular flexibility index (Phi) is 4.63. The summed E-state index contributed by atoms with van der Waals surface area (Å²) < 4.78 is 1.98. The molecule has 0 saturated carbocycles. The lowest BCUT2D eigenvalue weighted by Gasteiger charge is -2.21. The predicted molar refractivity (Wildman–Crippen MR) is 116 cm³/mol. The summed E-state index contributed by atoms with van der Waals surface area (Å²) in [6.07, 6.45) is 4.83. The van der Waals surface area contributed by atoms with Crippen molar-refractivity contribution in [1.82, 2.24) is 24.3 Å². The third kappa shape index (κ3) is 3.23. The average Bonchev–Trinajstić information content (AvgIpc) is 3.26. The molecule has 4 heterocycles. The Morgan fingerprint density at radius 2 is 1.90 bits per heavy atom. The van der Waals surface area contributed by atoms with Gasteiger partial charge in [-0.1, -0.05) is 30.0 Å². The molecule has 148 valence electrons. The van der Waals surface area contributed by atoms with E-state index in [4.69, 9.17) is 4.98 Å². The molecule has 7 nitrogen and oxygen atoms in total. The molecule has 1 aliphatic heterocycles. The molecule has 1 amide bonds. The van der Waals surface area contributed by atoms with Gasteiger partial charge in [0.1, 0.15) is 0 Å². The topological polar surface area (TPSA) is 69.5 Å². The molecule has 0 radical (unpaired) electrons. The first-order valence-corrected chi connectivity index (χ1v) is 11.0. The zero-order valence-corrected chi connectivity index (χ0v) is 17.0. The number of amides is 1. The lowest BCUT2D eigenvalue weighted by atomic mass is 10.3. The number of imidazole rings is 2. The van der Waals surface area contributed by atoms with Gasteiger partial charge >= 0.3 is 0 Å². The minimum Gasteiger partial charge on any atom is -0.341 e. The summed E-state index contributed by atoms with van der Waals surface area (Å²) in [7, 11) is 0. The monoisotopic (exact) mass is 406 g/mol. The number of benzene rings is 1. The average molecular weight is 407 g/mol.